The minimum Gasteiger partial charge on any atom is -0.460 e. The number of hydrogen-bond donors (Lipinski definition) is 0. The molecule has 2 heterocycles. The molecule has 6 rings (SSSR count). The SMILES string of the molecule is CCCCCCCCCC/C=C\CCC(OC(=O)[C@](OC)(c1ccccc1)C(F)(F)F)C1CCC(C(CCC(CCCCCCC[C@H](CC2=C[C@H](C)OC2=O)OC(=O)[C@](OC)(c2ccccc2)C(F)(F)F)OC(=O)[C@](OC)(c2ccccc2)C(F)(F)F)OC(=O)[C@](OC)(c2ccccc2)C(F)(F)F)O1. The second-order valence-corrected chi connectivity index (χ2v) is 26.0. The smallest absolute Gasteiger partial charge is 0.432 e. The summed E-state index contributed by atoms with van der Waals surface area (Å²) in [6.07, 6.45) is -19.0. The van der Waals surface area contributed by atoms with Crippen molar-refractivity contribution in [3.8, 4) is 0 Å². The molecule has 27 heteroatoms. The number of carbonyl (C=O) groups excluding carboxylic acids is 5. The highest BCUT2D eigenvalue weighted by Crippen LogP contribution is 2.49. The van der Waals surface area contributed by atoms with E-state index in [2.05, 4.69) is 6.92 Å². The highest BCUT2D eigenvalue weighted by Gasteiger charge is 2.68. The Hall–Kier alpha value is -7.33. The van der Waals surface area contributed by atoms with Crippen molar-refractivity contribution < 1.29 is 124 Å². The Labute approximate surface area is 598 Å². The minimum absolute atomic E-state index is 0.0369. The molecule has 2 aliphatic rings. The number of esters is 5. The van der Waals surface area contributed by atoms with Crippen LogP contribution in [-0.2, 0) is 93.7 Å². The van der Waals surface area contributed by atoms with Gasteiger partial charge in [0.1, 0.15) is 30.5 Å². The lowest BCUT2D eigenvalue weighted by Crippen LogP contribution is -2.54. The lowest BCUT2D eigenvalue weighted by molar-refractivity contribution is -0.282. The highest BCUT2D eigenvalue weighted by atomic mass is 19.4. The number of hydrogen-bond acceptors (Lipinski definition) is 15. The molecule has 0 bridgehead atoms. The van der Waals surface area contributed by atoms with E-state index in [-0.39, 0.29) is 82.6 Å². The normalized spacial score (nSPS) is 19.5. The summed E-state index contributed by atoms with van der Waals surface area (Å²) in [5.74, 6) is -8.45. The van der Waals surface area contributed by atoms with Crippen LogP contribution in [0.1, 0.15) is 184 Å². The van der Waals surface area contributed by atoms with Crippen LogP contribution in [0, 0.1) is 0 Å². The fourth-order valence-corrected chi connectivity index (χ4v) is 13.3. The molecule has 4 aromatic carbocycles. The number of benzene rings is 4. The average molecular weight is 1490 g/mol. The molecule has 576 valence electrons. The molecule has 0 aliphatic carbocycles. The van der Waals surface area contributed by atoms with Crippen LogP contribution in [0.3, 0.4) is 0 Å². The molecule has 0 amide bonds. The Morgan fingerprint density at radius 2 is 0.750 bits per heavy atom. The van der Waals surface area contributed by atoms with Crippen molar-refractivity contribution in [2.75, 3.05) is 28.4 Å². The number of ether oxygens (including phenoxy) is 10. The molecule has 2 aliphatic heterocycles. The number of allylic oxidation sites excluding steroid dienone is 2. The van der Waals surface area contributed by atoms with Gasteiger partial charge in [0.05, 0.1) is 12.2 Å². The van der Waals surface area contributed by atoms with Gasteiger partial charge in [0.25, 0.3) is 22.4 Å². The molecular formula is C77H94F12O15. The van der Waals surface area contributed by atoms with Crippen LogP contribution < -0.4 is 0 Å². The maximum absolute atomic E-state index is 15.7. The van der Waals surface area contributed by atoms with Crippen LogP contribution in [0.25, 0.3) is 0 Å². The molecule has 0 N–H and O–H groups in total. The van der Waals surface area contributed by atoms with Gasteiger partial charge in [-0.3, -0.25) is 0 Å². The van der Waals surface area contributed by atoms with Crippen molar-refractivity contribution in [3.63, 3.8) is 0 Å². The topological polar surface area (TPSA) is 178 Å². The summed E-state index contributed by atoms with van der Waals surface area (Å²) in [6, 6.07) is 23.5. The third-order valence-corrected chi connectivity index (χ3v) is 18.9. The number of cyclic esters (lactones) is 1. The lowest BCUT2D eigenvalue weighted by Gasteiger charge is -2.36. The van der Waals surface area contributed by atoms with Crippen molar-refractivity contribution in [2.45, 2.75) is 251 Å². The zero-order valence-corrected chi connectivity index (χ0v) is 59.2. The molecular weight excluding hydrogens is 1390 g/mol. The Bertz CT molecular complexity index is 3350. The van der Waals surface area contributed by atoms with Gasteiger partial charge < -0.3 is 47.4 Å². The predicted octanol–water partition coefficient (Wildman–Crippen LogP) is 18.2. The second kappa shape index (κ2) is 39.3. The van der Waals surface area contributed by atoms with Crippen LogP contribution in [-0.4, -0.2) is 126 Å². The molecule has 5 unspecified atom stereocenters. The quantitative estimate of drug-likeness (QED) is 0.0134. The standard InChI is InChI=1S/C77H94F12O15/c1-7-8-9-10-11-12-13-14-15-16-20-35-46-61(103-68(93)72(97-5,76(84,85)86)57-40-29-23-30-41-57)62-49-50-63(102-62)64(104-69(94)73(98-6,77(87,88)89)58-42-31-24-32-43-58)48-47-59(100-66(91)70(95-3,74(78,79)80)55-36-25-21-26-37-55)44-33-18-17-19-34-45-60(52-54-51-53(2)99-65(54)90)101-67(92)71(96-4,75(81,82)83)56-38-27-22-28-39-56/h16,20-32,36-43,51,53,59-64H,7-15,17-19,33-35,44-50,52H2,1-6H3/b20-16-/t53-,59?,60+,61?,62?,63?,64?,70+,71+,72+,73+/m0/s1. The van der Waals surface area contributed by atoms with E-state index in [1.165, 1.54) is 78.9 Å². The third kappa shape index (κ3) is 21.0. The second-order valence-electron chi connectivity index (χ2n) is 26.0. The maximum atomic E-state index is 15.7. The molecule has 104 heavy (non-hydrogen) atoms. The van der Waals surface area contributed by atoms with Gasteiger partial charge in [-0.2, -0.15) is 52.7 Å². The van der Waals surface area contributed by atoms with E-state index in [0.29, 0.717) is 34.9 Å². The number of alkyl halides is 12. The number of halogens is 12. The summed E-state index contributed by atoms with van der Waals surface area (Å²) in [5.41, 5.74) is -17.4. The van der Waals surface area contributed by atoms with Gasteiger partial charge >= 0.3 is 54.6 Å². The highest BCUT2D eigenvalue weighted by molar-refractivity contribution is 5.91. The van der Waals surface area contributed by atoms with E-state index >= 15 is 39.5 Å². The molecule has 4 aromatic rings. The van der Waals surface area contributed by atoms with Crippen molar-refractivity contribution >= 4 is 29.8 Å². The van der Waals surface area contributed by atoms with Crippen molar-refractivity contribution in [3.05, 3.63) is 167 Å². The Morgan fingerprint density at radius 3 is 1.11 bits per heavy atom. The van der Waals surface area contributed by atoms with Crippen molar-refractivity contribution in [1.82, 2.24) is 0 Å². The summed E-state index contributed by atoms with van der Waals surface area (Å²) in [5, 5.41) is 0. The first kappa shape index (κ1) is 85.6. The van der Waals surface area contributed by atoms with E-state index in [4.69, 9.17) is 47.4 Å². The summed E-state index contributed by atoms with van der Waals surface area (Å²) in [4.78, 5) is 70.1. The summed E-state index contributed by atoms with van der Waals surface area (Å²) < 4.78 is 240. The van der Waals surface area contributed by atoms with Gasteiger partial charge in [-0.15, -0.1) is 0 Å². The number of carbonyl (C=O) groups is 5. The third-order valence-electron chi connectivity index (χ3n) is 18.9. The van der Waals surface area contributed by atoms with Gasteiger partial charge in [0, 0.05) is 62.7 Å². The zero-order valence-electron chi connectivity index (χ0n) is 59.2. The van der Waals surface area contributed by atoms with E-state index in [0.717, 1.165) is 99.9 Å². The van der Waals surface area contributed by atoms with Crippen molar-refractivity contribution in [1.29, 1.82) is 0 Å². The van der Waals surface area contributed by atoms with Crippen LogP contribution in [0.2, 0.25) is 0 Å². The molecule has 0 radical (unpaired) electrons. The zero-order chi connectivity index (χ0) is 76.4. The number of unbranched alkanes of at least 4 members (excludes halogenated alkanes) is 12. The summed E-state index contributed by atoms with van der Waals surface area (Å²) >= 11 is 0. The van der Waals surface area contributed by atoms with Gasteiger partial charge in [-0.1, -0.05) is 205 Å². The van der Waals surface area contributed by atoms with Crippen LogP contribution in [0.4, 0.5) is 52.7 Å². The molecule has 0 saturated carbocycles. The molecule has 1 saturated heterocycles. The summed E-state index contributed by atoms with van der Waals surface area (Å²) in [7, 11) is 2.61. The predicted molar refractivity (Wildman–Crippen MR) is 358 cm³/mol. The van der Waals surface area contributed by atoms with Crippen LogP contribution >= 0.6 is 0 Å². The fraction of sp³-hybridized carbons (Fsp3) is 0.571. The van der Waals surface area contributed by atoms with Gasteiger partial charge in [0.15, 0.2) is 0 Å². The van der Waals surface area contributed by atoms with E-state index in [1.54, 1.807) is 13.0 Å². The summed E-state index contributed by atoms with van der Waals surface area (Å²) in [6.45, 7) is 3.68. The first-order valence-electron chi connectivity index (χ1n) is 35.1. The molecule has 0 aromatic heterocycles. The number of methoxy groups -OCH3 is 4. The molecule has 11 atom stereocenters. The molecule has 0 spiro atoms. The largest absolute Gasteiger partial charge is 0.460 e. The average Bonchev–Trinajstić information content (AvgIpc) is 0.869. The van der Waals surface area contributed by atoms with E-state index in [1.807, 2.05) is 6.08 Å². The molecule has 1 fully saturated rings. The Morgan fingerprint density at radius 1 is 0.423 bits per heavy atom. The lowest BCUT2D eigenvalue weighted by atomic mass is 9.92. The van der Waals surface area contributed by atoms with Gasteiger partial charge in [-0.05, 0) is 90.0 Å². The molecule has 15 nitrogen and oxygen atoms in total. The first-order valence-corrected chi connectivity index (χ1v) is 35.1. The Balaban J connectivity index is 1.31. The fourth-order valence-electron chi connectivity index (χ4n) is 13.3. The minimum atomic E-state index is -5.55. The van der Waals surface area contributed by atoms with E-state index < -0.39 is 155 Å². The van der Waals surface area contributed by atoms with Crippen LogP contribution in [0.5, 0.6) is 0 Å². The first-order chi connectivity index (χ1) is 49.4. The van der Waals surface area contributed by atoms with Crippen LogP contribution in [0.15, 0.2) is 145 Å². The monoisotopic (exact) mass is 1490 g/mol. The number of rotatable bonds is 43. The maximum Gasteiger partial charge on any atom is 0.432 e. The van der Waals surface area contributed by atoms with Crippen molar-refractivity contribution in [2.24, 2.45) is 0 Å². The van der Waals surface area contributed by atoms with Gasteiger partial charge in [0.2, 0.25) is 0 Å². The Kier molecular flexibility index (Phi) is 32.4. The van der Waals surface area contributed by atoms with E-state index in [9.17, 15) is 37.1 Å². The van der Waals surface area contributed by atoms with Gasteiger partial charge in [-0.25, -0.2) is 24.0 Å².